The quantitative estimate of drug-likeness (QED) is 0.0154. The second-order valence-corrected chi connectivity index (χ2v) is 39.3. The first-order valence-electron chi connectivity index (χ1n) is 40.0. The molecule has 0 saturated carbocycles. The van der Waals surface area contributed by atoms with Crippen LogP contribution in [0.15, 0.2) is 11.5 Å². The van der Waals surface area contributed by atoms with Gasteiger partial charge >= 0.3 is 236 Å². The molecule has 136 heavy (non-hydrogen) atoms. The molecule has 0 aromatic rings. The van der Waals surface area contributed by atoms with Gasteiger partial charge in [-0.25, -0.2) is 0 Å². The molecule has 30 aliphatic rings. The number of thioether (sulfide) groups is 8. The number of carbonyl (C=O) groups excluding carboxylic acids is 8. The Kier molecular flexibility index (Phi) is 71.3. The molecular formula is C72H102Na8O48S8. The molecule has 0 amide bonds. The van der Waals surface area contributed by atoms with Crippen LogP contribution < -0.4 is 277 Å². The Labute approximate surface area is 989 Å². The molecule has 734 valence electrons. The van der Waals surface area contributed by atoms with E-state index in [4.69, 9.17) is 75.8 Å². The Balaban J connectivity index is 0.0000116. The number of carboxylic acid groups (broad SMARTS) is 8. The van der Waals surface area contributed by atoms with E-state index in [1.54, 1.807) is 0 Å². The molecule has 0 radical (unpaired) electrons. The fraction of sp³-hybridized carbons (Fsp3) is 0.861. The van der Waals surface area contributed by atoms with Crippen LogP contribution in [0.25, 0.3) is 0 Å². The Hall–Kier alpha value is 5.02. The van der Waals surface area contributed by atoms with Crippen LogP contribution in [-0.2, 0) is 114 Å². The van der Waals surface area contributed by atoms with Crippen molar-refractivity contribution in [3.05, 3.63) is 11.5 Å². The predicted molar refractivity (Wildman–Crippen MR) is 420 cm³/mol. The van der Waals surface area contributed by atoms with Gasteiger partial charge in [-0.15, -0.1) is 11.8 Å². The van der Waals surface area contributed by atoms with Crippen LogP contribution in [0.1, 0.15) is 44.9 Å². The predicted octanol–water partition coefficient (Wildman–Crippen LogP) is -42.2. The third kappa shape index (κ3) is 41.4. The van der Waals surface area contributed by atoms with Crippen LogP contribution in [0, 0.1) is 0 Å². The molecule has 30 fully saturated rings. The van der Waals surface area contributed by atoms with E-state index >= 15 is 0 Å². The van der Waals surface area contributed by atoms with Gasteiger partial charge in [-0.1, -0.05) is 0 Å². The maximum absolute atomic E-state index is 12.2. The zero-order valence-corrected chi connectivity index (χ0v) is 97.8. The van der Waals surface area contributed by atoms with Crippen molar-refractivity contribution in [2.24, 2.45) is 0 Å². The Morgan fingerprint density at radius 3 is 0.441 bits per heavy atom. The molecule has 0 spiro atoms. The van der Waals surface area contributed by atoms with Gasteiger partial charge < -0.3 is 237 Å². The van der Waals surface area contributed by atoms with Gasteiger partial charge in [0, 0.05) is 87.8 Å². The molecule has 40 atom stereocenters. The van der Waals surface area contributed by atoms with Gasteiger partial charge in [0.2, 0.25) is 0 Å². The van der Waals surface area contributed by atoms with E-state index in [1.165, 1.54) is 0 Å². The summed E-state index contributed by atoms with van der Waals surface area (Å²) < 4.78 is 99.4. The molecule has 0 aromatic carbocycles. The molecule has 16 N–H and O–H groups in total. The van der Waals surface area contributed by atoms with E-state index < -0.39 is 384 Å². The SMILES string of the molecule is O=C([O-])/C=C/SC[C@H]1O[C@@H]2O[C@H]3[C@H](O)[C@@H](O)[C@H](O[C@@H]3CSCCC(=O)[O-])O[C@H]3C(O)[C@@H](O)[C@@H](O[C@H]4[C@H](O)[C@@H](O)C(O[C@H]5[C@H](O)[C@@H](O)[C@@H](O[C@H]6[C@H](O)[C@@H](O)[C@H](O[C@@H]6CSCCC(=O)[O-])O[C@H]6C(O)[C@@H](O)[C@@H](O[C@H]7[C@H](O)[C@@H](O)[C@@H](O[C@H]1[C@H](O)[C@H]2O)O[C@@H]7CSCCC(=O)[O-])O[C@@H]6CSCCC(=O)[O-])O[C@@H]5CSCCC(=O)[O-])O[C@@H]4CSCCC(=O)[O-])O[C@@H]3CSCCC(=O)[O-].[Na+].[Na+].[Na+].[Na+].[Na+].[Na+].[Na+].[Na+]. The molecule has 30 rings (SSSR count). The summed E-state index contributed by atoms with van der Waals surface area (Å²) >= 11 is 6.34. The molecule has 64 heteroatoms. The van der Waals surface area contributed by atoms with Crippen molar-refractivity contribution >= 4 is 142 Å². The van der Waals surface area contributed by atoms with Crippen molar-refractivity contribution in [1.29, 1.82) is 0 Å². The maximum Gasteiger partial charge on any atom is 1.00 e. The van der Waals surface area contributed by atoms with Crippen LogP contribution in [0.3, 0.4) is 0 Å². The standard InChI is InChI=1S/C72H110O48S8.8Na/c73-33(74)1-9-121-17-25-57-41(89)49(97)65(105-25)114-58-26(18-122-10-2-34(75)76)107-67(51(99)43(58)91)116-60-28(20-124-12-4-36(79)80)109-69(53(101)45(60)93)118-62-30(22-126-14-6-38(83)84)111-71(55(103)47(62)95)120-64-32(24-128-16-8-40(87)88)112-72(56(104)48(64)96)119-63-31(23-127-15-7-39(85)86)110-70(54(102)46(63)94)117-61-29(21-125-13-5-37(81)82)108-68(52(100)44(61)92)115-59-27(19-123-11-3-35(77)78)106-66(113-57)50(98)42(59)90;;;;;;;;/h1,9,25-32,41-72,89-104H,2-8,10-24H2,(H,73,74)(H,75,76)(H,77,78)(H,79,80)(H,81,82)(H,83,84)(H,85,86)(H,87,88);;;;;;;;/q;8*+1/p-8/b9-1+;;;;;;;;/t25-,26-,27-,28-,29-,30-,31-,32-,41-,42-,43-,44?,45?,46-,47-,48-,49-,50-,51-,52-,53-,54-,55-,56-,57-,58-,59-,60-,61-,62-,63-,64-,65-,66-,67-,68-,69-,70-,71?,72-;;;;;;;;/m1......../s1. The Bertz CT molecular complexity index is 3430. The van der Waals surface area contributed by atoms with Gasteiger partial charge in [0.15, 0.2) is 50.3 Å². The Morgan fingerprint density at radius 2 is 0.324 bits per heavy atom. The first-order valence-corrected chi connectivity index (χ1v) is 49.2. The van der Waals surface area contributed by atoms with Gasteiger partial charge in [0.25, 0.3) is 0 Å². The normalized spacial score (nSPS) is 39.1. The number of carboxylic acids is 8. The third-order valence-electron chi connectivity index (χ3n) is 21.1. The molecule has 30 heterocycles. The van der Waals surface area contributed by atoms with Gasteiger partial charge in [0.1, 0.15) is 146 Å². The zero-order valence-electron chi connectivity index (χ0n) is 75.3. The summed E-state index contributed by atoms with van der Waals surface area (Å²) in [5.41, 5.74) is 0. The summed E-state index contributed by atoms with van der Waals surface area (Å²) in [4.78, 5) is 93.2. The summed E-state index contributed by atoms with van der Waals surface area (Å²) in [7, 11) is 0. The maximum atomic E-state index is 12.2. The van der Waals surface area contributed by atoms with Gasteiger partial charge in [-0.3, -0.25) is 0 Å². The third-order valence-corrected chi connectivity index (χ3v) is 29.4. The fourth-order valence-corrected chi connectivity index (χ4v) is 22.2. The number of aliphatic hydroxyl groups is 16. The summed E-state index contributed by atoms with van der Waals surface area (Å²) in [5, 5.41) is 289. The van der Waals surface area contributed by atoms with E-state index in [9.17, 15) is 161 Å². The molecule has 48 nitrogen and oxygen atoms in total. The number of hydrogen-bond donors (Lipinski definition) is 16. The van der Waals surface area contributed by atoms with Crippen molar-refractivity contribution < 1.29 is 473 Å². The largest absolute Gasteiger partial charge is 1.00 e. The van der Waals surface area contributed by atoms with Crippen LogP contribution in [0.2, 0.25) is 0 Å². The average Bonchev–Trinajstić information content (AvgIpc) is 0.770. The van der Waals surface area contributed by atoms with Crippen LogP contribution in [-0.4, -0.2) is 461 Å². The van der Waals surface area contributed by atoms with Crippen molar-refractivity contribution in [1.82, 2.24) is 0 Å². The smallest absolute Gasteiger partial charge is 0.550 e. The second-order valence-electron chi connectivity index (χ2n) is 30.3. The molecule has 16 bridgehead atoms. The monoisotopic (exact) mass is 2170 g/mol. The number of hydrogen-bond acceptors (Lipinski definition) is 56. The summed E-state index contributed by atoms with van der Waals surface area (Å²) in [6, 6.07) is 0. The number of carbonyl (C=O) groups is 8. The van der Waals surface area contributed by atoms with E-state index in [0.29, 0.717) is 17.8 Å². The van der Waals surface area contributed by atoms with E-state index in [2.05, 4.69) is 0 Å². The summed E-state index contributed by atoms with van der Waals surface area (Å²) in [5.74, 6) is -17.7. The van der Waals surface area contributed by atoms with Crippen LogP contribution in [0.5, 0.6) is 0 Å². The number of aliphatic hydroxyl groups excluding tert-OH is 16. The number of aliphatic carboxylic acids is 8. The first-order chi connectivity index (χ1) is 60.7. The van der Waals surface area contributed by atoms with Crippen LogP contribution in [0.4, 0.5) is 0 Å². The van der Waals surface area contributed by atoms with E-state index in [0.717, 1.165) is 87.7 Å². The van der Waals surface area contributed by atoms with Crippen molar-refractivity contribution in [3.8, 4) is 0 Å². The van der Waals surface area contributed by atoms with E-state index in [1.807, 2.05) is 0 Å². The fourth-order valence-electron chi connectivity index (χ4n) is 14.5. The summed E-state index contributed by atoms with van der Waals surface area (Å²) in [6.07, 6.45) is -87.8. The van der Waals surface area contributed by atoms with Gasteiger partial charge in [0.05, 0.1) is 54.8 Å². The minimum atomic E-state index is -2.38. The van der Waals surface area contributed by atoms with E-state index in [-0.39, 0.29) is 277 Å². The molecule has 0 aromatic heterocycles. The average molecular weight is 2180 g/mol. The molecule has 30 aliphatic heterocycles. The van der Waals surface area contributed by atoms with Gasteiger partial charge in [-0.2, -0.15) is 82.3 Å². The van der Waals surface area contributed by atoms with Crippen molar-refractivity contribution in [2.75, 3.05) is 86.3 Å². The van der Waals surface area contributed by atoms with Crippen molar-refractivity contribution in [3.63, 3.8) is 0 Å². The minimum absolute atomic E-state index is 0. The summed E-state index contributed by atoms with van der Waals surface area (Å²) in [6.45, 7) is 0. The van der Waals surface area contributed by atoms with Gasteiger partial charge in [-0.05, 0) is 96.7 Å². The molecule has 30 saturated heterocycles. The Morgan fingerprint density at radius 1 is 0.199 bits per heavy atom. The van der Waals surface area contributed by atoms with Crippen LogP contribution >= 0.6 is 94.1 Å². The number of ether oxygens (including phenoxy) is 16. The number of rotatable bonds is 39. The first kappa shape index (κ1) is 139. The molecule has 3 unspecified atom stereocenters. The second kappa shape index (κ2) is 69.7. The minimum Gasteiger partial charge on any atom is -0.550 e. The zero-order chi connectivity index (χ0) is 93.7. The topological polar surface area (TPSA) is 792 Å². The molecular weight excluding hydrogens is 2070 g/mol. The van der Waals surface area contributed by atoms with Crippen molar-refractivity contribution in [2.45, 2.75) is 291 Å². The molecule has 0 aliphatic carbocycles.